The lowest BCUT2D eigenvalue weighted by Crippen LogP contribution is -2.31. The van der Waals surface area contributed by atoms with E-state index in [0.717, 1.165) is 5.56 Å². The molecule has 2 aromatic heterocycles. The van der Waals surface area contributed by atoms with Gasteiger partial charge in [-0.1, -0.05) is 0 Å². The van der Waals surface area contributed by atoms with Crippen molar-refractivity contribution in [3.8, 4) is 11.5 Å². The number of H-pyrrole nitrogens is 1. The molecule has 0 spiro atoms. The molecule has 118 valence electrons. The Morgan fingerprint density at radius 1 is 1.13 bits per heavy atom. The quantitative estimate of drug-likeness (QED) is 0.755. The third kappa shape index (κ3) is 2.66. The number of rotatable bonds is 4. The highest BCUT2D eigenvalue weighted by molar-refractivity contribution is 5.68. The van der Waals surface area contributed by atoms with Gasteiger partial charge in [-0.25, -0.2) is 14.8 Å². The normalized spacial score (nSPS) is 10.7. The van der Waals surface area contributed by atoms with Gasteiger partial charge in [0, 0.05) is 24.0 Å². The molecule has 0 bridgehead atoms. The molecule has 3 aromatic rings. The summed E-state index contributed by atoms with van der Waals surface area (Å²) in [6.07, 6.45) is 2.84. The third-order valence-electron chi connectivity index (χ3n) is 3.44. The van der Waals surface area contributed by atoms with Gasteiger partial charge in [-0.2, -0.15) is 0 Å². The van der Waals surface area contributed by atoms with Crippen molar-refractivity contribution < 1.29 is 9.47 Å². The molecule has 0 fully saturated rings. The van der Waals surface area contributed by atoms with Crippen molar-refractivity contribution in [1.29, 1.82) is 0 Å². The van der Waals surface area contributed by atoms with Crippen LogP contribution < -0.4 is 20.7 Å². The molecule has 0 aliphatic carbocycles. The van der Waals surface area contributed by atoms with Crippen LogP contribution in [0.25, 0.3) is 11.2 Å². The van der Waals surface area contributed by atoms with Gasteiger partial charge in [0.25, 0.3) is 5.56 Å². The fraction of sp³-hybridized carbons (Fsp3) is 0.200. The minimum absolute atomic E-state index is 0.111. The Bertz CT molecular complexity index is 977. The van der Waals surface area contributed by atoms with Crippen molar-refractivity contribution in [3.05, 3.63) is 57.0 Å². The van der Waals surface area contributed by atoms with E-state index in [1.54, 1.807) is 25.3 Å². The van der Waals surface area contributed by atoms with E-state index < -0.39 is 11.2 Å². The summed E-state index contributed by atoms with van der Waals surface area (Å²) >= 11 is 0. The maximum Gasteiger partial charge on any atom is 0.330 e. The van der Waals surface area contributed by atoms with Crippen LogP contribution in [0.1, 0.15) is 5.56 Å². The van der Waals surface area contributed by atoms with Crippen molar-refractivity contribution in [1.82, 2.24) is 19.5 Å². The summed E-state index contributed by atoms with van der Waals surface area (Å²) in [6.45, 7) is 0.179. The van der Waals surface area contributed by atoms with E-state index in [1.165, 1.54) is 24.1 Å². The zero-order valence-electron chi connectivity index (χ0n) is 12.6. The molecule has 0 aliphatic heterocycles. The van der Waals surface area contributed by atoms with E-state index in [0.29, 0.717) is 11.5 Å². The number of hydrogen-bond donors (Lipinski definition) is 1. The number of fused-ring (bicyclic) bond motifs is 1. The summed E-state index contributed by atoms with van der Waals surface area (Å²) < 4.78 is 11.8. The van der Waals surface area contributed by atoms with Gasteiger partial charge in [0.05, 0.1) is 20.8 Å². The van der Waals surface area contributed by atoms with Gasteiger partial charge in [0.15, 0.2) is 11.2 Å². The maximum absolute atomic E-state index is 12.2. The molecule has 23 heavy (non-hydrogen) atoms. The second-order valence-electron chi connectivity index (χ2n) is 4.75. The molecule has 0 saturated heterocycles. The Labute approximate surface area is 130 Å². The molecule has 3 rings (SSSR count). The molecule has 0 atom stereocenters. The zero-order chi connectivity index (χ0) is 16.4. The SMILES string of the molecule is COc1ccc(Cn2c(=O)[nH]c(=O)c3nccnc32)c(OC)c1. The van der Waals surface area contributed by atoms with Gasteiger partial charge in [0.1, 0.15) is 11.5 Å². The van der Waals surface area contributed by atoms with Gasteiger partial charge in [-0.3, -0.25) is 14.3 Å². The van der Waals surface area contributed by atoms with Crippen LogP contribution in [0.15, 0.2) is 40.2 Å². The number of aromatic nitrogens is 4. The summed E-state index contributed by atoms with van der Waals surface area (Å²) in [6, 6.07) is 5.28. The van der Waals surface area contributed by atoms with E-state index in [9.17, 15) is 9.59 Å². The zero-order valence-corrected chi connectivity index (χ0v) is 12.6. The molecule has 0 saturated carbocycles. The predicted octanol–water partition coefficient (Wildman–Crippen LogP) is 0.545. The standard InChI is InChI=1S/C15H14N4O4/c1-22-10-4-3-9(11(7-10)23-2)8-19-13-12(16-5-6-17-13)14(20)18-15(19)21/h3-7H,8H2,1-2H3,(H,18,20,21). The molecular weight excluding hydrogens is 300 g/mol. The van der Waals surface area contributed by atoms with Crippen LogP contribution in [0.2, 0.25) is 0 Å². The highest BCUT2D eigenvalue weighted by atomic mass is 16.5. The van der Waals surface area contributed by atoms with E-state index in [2.05, 4.69) is 15.0 Å². The average Bonchev–Trinajstić information content (AvgIpc) is 2.58. The summed E-state index contributed by atoms with van der Waals surface area (Å²) in [4.78, 5) is 34.3. The molecule has 8 nitrogen and oxygen atoms in total. The van der Waals surface area contributed by atoms with Crippen LogP contribution >= 0.6 is 0 Å². The Morgan fingerprint density at radius 3 is 2.65 bits per heavy atom. The Kier molecular flexibility index (Phi) is 3.80. The summed E-state index contributed by atoms with van der Waals surface area (Å²) in [7, 11) is 3.09. The molecule has 1 N–H and O–H groups in total. The molecule has 0 amide bonds. The molecule has 0 radical (unpaired) electrons. The topological polar surface area (TPSA) is 99.1 Å². The molecule has 8 heteroatoms. The molecule has 0 aliphatic rings. The first-order valence-electron chi connectivity index (χ1n) is 6.78. The molecule has 2 heterocycles. The fourth-order valence-electron chi connectivity index (χ4n) is 2.31. The highest BCUT2D eigenvalue weighted by Gasteiger charge is 2.12. The molecular formula is C15H14N4O4. The van der Waals surface area contributed by atoms with E-state index in [-0.39, 0.29) is 17.7 Å². The number of ether oxygens (including phenoxy) is 2. The van der Waals surface area contributed by atoms with E-state index >= 15 is 0 Å². The third-order valence-corrected chi connectivity index (χ3v) is 3.44. The lowest BCUT2D eigenvalue weighted by Gasteiger charge is -2.12. The van der Waals surface area contributed by atoms with Crippen molar-refractivity contribution in [2.45, 2.75) is 6.54 Å². The Hall–Kier alpha value is -3.16. The minimum Gasteiger partial charge on any atom is -0.497 e. The predicted molar refractivity (Wildman–Crippen MR) is 83.1 cm³/mol. The maximum atomic E-state index is 12.2. The van der Waals surface area contributed by atoms with Gasteiger partial charge < -0.3 is 9.47 Å². The summed E-state index contributed by atoms with van der Waals surface area (Å²) in [5.41, 5.74) is -0.0370. The number of methoxy groups -OCH3 is 2. The number of hydrogen-bond acceptors (Lipinski definition) is 6. The summed E-state index contributed by atoms with van der Waals surface area (Å²) in [5.74, 6) is 1.21. The highest BCUT2D eigenvalue weighted by Crippen LogP contribution is 2.25. The lowest BCUT2D eigenvalue weighted by molar-refractivity contribution is 0.390. The van der Waals surface area contributed by atoms with E-state index in [1.807, 2.05) is 0 Å². The van der Waals surface area contributed by atoms with Crippen molar-refractivity contribution in [2.24, 2.45) is 0 Å². The van der Waals surface area contributed by atoms with Crippen LogP contribution in [-0.4, -0.2) is 33.7 Å². The number of benzene rings is 1. The largest absolute Gasteiger partial charge is 0.497 e. The second kappa shape index (κ2) is 5.91. The second-order valence-corrected chi connectivity index (χ2v) is 4.75. The van der Waals surface area contributed by atoms with Gasteiger partial charge in [-0.15, -0.1) is 0 Å². The first kappa shape index (κ1) is 14.8. The van der Waals surface area contributed by atoms with Crippen LogP contribution in [0, 0.1) is 0 Å². The van der Waals surface area contributed by atoms with E-state index in [4.69, 9.17) is 9.47 Å². The summed E-state index contributed by atoms with van der Waals surface area (Å²) in [5, 5.41) is 0. The van der Waals surface area contributed by atoms with Gasteiger partial charge >= 0.3 is 5.69 Å². The average molecular weight is 314 g/mol. The smallest absolute Gasteiger partial charge is 0.330 e. The van der Waals surface area contributed by atoms with Crippen LogP contribution in [0.5, 0.6) is 11.5 Å². The van der Waals surface area contributed by atoms with Crippen LogP contribution in [0.4, 0.5) is 0 Å². The van der Waals surface area contributed by atoms with Crippen LogP contribution in [-0.2, 0) is 6.54 Å². The number of nitrogens with zero attached hydrogens (tertiary/aromatic N) is 3. The van der Waals surface area contributed by atoms with Crippen molar-refractivity contribution in [3.63, 3.8) is 0 Å². The van der Waals surface area contributed by atoms with Gasteiger partial charge in [-0.05, 0) is 12.1 Å². The van der Waals surface area contributed by atoms with Crippen LogP contribution in [0.3, 0.4) is 0 Å². The first-order valence-corrected chi connectivity index (χ1v) is 6.78. The first-order chi connectivity index (χ1) is 11.1. The number of nitrogens with one attached hydrogen (secondary N) is 1. The van der Waals surface area contributed by atoms with Gasteiger partial charge in [0.2, 0.25) is 0 Å². The van der Waals surface area contributed by atoms with Crippen molar-refractivity contribution in [2.75, 3.05) is 14.2 Å². The fourth-order valence-corrected chi connectivity index (χ4v) is 2.31. The monoisotopic (exact) mass is 314 g/mol. The number of aromatic amines is 1. The molecule has 0 unspecified atom stereocenters. The minimum atomic E-state index is -0.559. The molecule has 1 aromatic carbocycles. The lowest BCUT2D eigenvalue weighted by atomic mass is 10.2. The Morgan fingerprint density at radius 2 is 1.91 bits per heavy atom. The van der Waals surface area contributed by atoms with Crippen molar-refractivity contribution >= 4 is 11.2 Å². The Balaban J connectivity index is 2.16.